The highest BCUT2D eigenvalue weighted by molar-refractivity contribution is 5.93. The molecule has 0 atom stereocenters. The number of carbonyl (C=O) groups excluding carboxylic acids is 1. The van der Waals surface area contributed by atoms with Crippen LogP contribution in [0, 0.1) is 0 Å². The van der Waals surface area contributed by atoms with Crippen LogP contribution >= 0.6 is 0 Å². The van der Waals surface area contributed by atoms with Crippen LogP contribution < -0.4 is 15.1 Å². The molecule has 31 heavy (non-hydrogen) atoms. The maximum atomic E-state index is 12.9. The number of anilines is 1. The summed E-state index contributed by atoms with van der Waals surface area (Å²) in [6.07, 6.45) is 4.48. The summed E-state index contributed by atoms with van der Waals surface area (Å²) in [6.45, 7) is 14.7. The lowest BCUT2D eigenvalue weighted by Crippen LogP contribution is -3.28. The fraction of sp³-hybridized carbons (Fsp3) is 0.444. The number of carbonyl (C=O) groups is 1. The molecule has 3 rings (SSSR count). The largest absolute Gasteiger partial charge is 0.322 e. The van der Waals surface area contributed by atoms with E-state index < -0.39 is 0 Å². The van der Waals surface area contributed by atoms with Gasteiger partial charge in [0.2, 0.25) is 0 Å². The van der Waals surface area contributed by atoms with Crippen LogP contribution in [0.1, 0.15) is 56.2 Å². The van der Waals surface area contributed by atoms with Crippen LogP contribution in [0.25, 0.3) is 6.08 Å². The number of hydrogen-bond donors (Lipinski definition) is 3. The number of rotatable bonds is 8. The van der Waals surface area contributed by atoms with Crippen molar-refractivity contribution in [3.8, 4) is 0 Å². The van der Waals surface area contributed by atoms with Crippen LogP contribution in [-0.2, 0) is 4.79 Å². The number of nitrogens with one attached hydrogen (secondary N) is 3. The van der Waals surface area contributed by atoms with Gasteiger partial charge in [-0.05, 0) is 34.6 Å². The Balaban J connectivity index is 1.50. The average molecular weight is 422 g/mol. The molecule has 3 N–H and O–H groups in total. The van der Waals surface area contributed by atoms with E-state index in [9.17, 15) is 4.79 Å². The van der Waals surface area contributed by atoms with Crippen molar-refractivity contribution in [1.82, 2.24) is 0 Å². The van der Waals surface area contributed by atoms with Crippen molar-refractivity contribution < 1.29 is 14.6 Å². The first-order valence-corrected chi connectivity index (χ1v) is 11.8. The van der Waals surface area contributed by atoms with Gasteiger partial charge in [-0.25, -0.2) is 0 Å². The van der Waals surface area contributed by atoms with E-state index in [1.165, 1.54) is 21.6 Å². The highest BCUT2D eigenvalue weighted by atomic mass is 16.2. The zero-order valence-corrected chi connectivity index (χ0v) is 19.6. The molecule has 0 bridgehead atoms. The molecule has 2 aromatic carbocycles. The minimum absolute atomic E-state index is 0.137. The molecule has 0 radical (unpaired) electrons. The first-order valence-electron chi connectivity index (χ1n) is 11.8. The zero-order chi connectivity index (χ0) is 22.2. The molecule has 2 aromatic rings. The molecule has 0 spiro atoms. The molecule has 0 aromatic heterocycles. The van der Waals surface area contributed by atoms with Gasteiger partial charge >= 0.3 is 0 Å². The van der Waals surface area contributed by atoms with Crippen LogP contribution in [0.4, 0.5) is 5.69 Å². The molecular weight excluding hydrogens is 382 g/mol. The van der Waals surface area contributed by atoms with Crippen LogP contribution in [0.2, 0.25) is 0 Å². The Labute approximate surface area is 187 Å². The normalized spacial score (nSPS) is 19.3. The first kappa shape index (κ1) is 23.2. The van der Waals surface area contributed by atoms with Crippen LogP contribution in [0.5, 0.6) is 0 Å². The number of piperazine rings is 1. The number of hydrogen-bond acceptors (Lipinski definition) is 1. The molecule has 1 amide bonds. The fourth-order valence-electron chi connectivity index (χ4n) is 4.37. The molecule has 1 aliphatic heterocycles. The Kier molecular flexibility index (Phi) is 8.44. The van der Waals surface area contributed by atoms with Crippen molar-refractivity contribution in [2.24, 2.45) is 0 Å². The quantitative estimate of drug-likeness (QED) is 0.602. The number of quaternary nitrogens is 2. The Morgan fingerprint density at radius 2 is 1.45 bits per heavy atom. The van der Waals surface area contributed by atoms with Crippen molar-refractivity contribution >= 4 is 17.7 Å². The smallest absolute Gasteiger partial charge is 0.279 e. The summed E-state index contributed by atoms with van der Waals surface area (Å²) in [5.74, 6) is 0.910. The SMILES string of the molecule is CC(C)c1cccc(C(C)C)c1NC(=O)C[NH+]1CC[NH+](C/C=C/c2ccccc2)CC1. The van der Waals surface area contributed by atoms with E-state index in [0.717, 1.165) is 38.4 Å². The molecule has 1 fully saturated rings. The van der Waals surface area contributed by atoms with Gasteiger partial charge in [-0.15, -0.1) is 0 Å². The fourth-order valence-corrected chi connectivity index (χ4v) is 4.37. The highest BCUT2D eigenvalue weighted by Gasteiger charge is 2.25. The summed E-state index contributed by atoms with van der Waals surface area (Å²) in [5, 5.41) is 3.28. The first-order chi connectivity index (χ1) is 14.9. The van der Waals surface area contributed by atoms with Gasteiger partial charge in [-0.2, -0.15) is 0 Å². The Bertz CT molecular complexity index is 839. The lowest BCUT2D eigenvalue weighted by Gasteiger charge is -2.29. The molecule has 4 heteroatoms. The number of amides is 1. The van der Waals surface area contributed by atoms with Gasteiger partial charge in [0.1, 0.15) is 26.2 Å². The Morgan fingerprint density at radius 1 is 0.871 bits per heavy atom. The van der Waals surface area contributed by atoms with E-state index in [1.54, 1.807) is 4.90 Å². The third-order valence-electron chi connectivity index (χ3n) is 6.23. The summed E-state index contributed by atoms with van der Waals surface area (Å²) in [4.78, 5) is 15.9. The molecule has 166 valence electrons. The lowest BCUT2D eigenvalue weighted by atomic mass is 9.92. The van der Waals surface area contributed by atoms with Gasteiger partial charge in [0.05, 0.1) is 6.54 Å². The second kappa shape index (κ2) is 11.3. The number of para-hydroxylation sites is 1. The summed E-state index contributed by atoms with van der Waals surface area (Å²) in [6, 6.07) is 16.9. The molecule has 1 aliphatic rings. The third-order valence-corrected chi connectivity index (χ3v) is 6.23. The second-order valence-electron chi connectivity index (χ2n) is 9.36. The minimum atomic E-state index is 0.137. The summed E-state index contributed by atoms with van der Waals surface area (Å²) >= 11 is 0. The standard InChI is InChI=1S/C27H37N3O/c1-21(2)24-13-8-14-25(22(3)4)27(24)28-26(31)20-30-18-16-29(17-19-30)15-9-12-23-10-6-5-7-11-23/h5-14,21-22H,15-20H2,1-4H3,(H,28,31)/p+2/b12-9+. The maximum absolute atomic E-state index is 12.9. The van der Waals surface area contributed by atoms with Crippen molar-refractivity contribution in [2.75, 3.05) is 44.6 Å². The predicted octanol–water partition coefficient (Wildman–Crippen LogP) is 2.37. The van der Waals surface area contributed by atoms with Crippen molar-refractivity contribution in [3.63, 3.8) is 0 Å². The van der Waals surface area contributed by atoms with Gasteiger partial charge in [0.15, 0.2) is 6.54 Å². The van der Waals surface area contributed by atoms with Crippen LogP contribution in [0.3, 0.4) is 0 Å². The molecule has 1 saturated heterocycles. The van der Waals surface area contributed by atoms with Crippen molar-refractivity contribution in [2.45, 2.75) is 39.5 Å². The molecule has 0 aliphatic carbocycles. The van der Waals surface area contributed by atoms with Gasteiger partial charge in [0.25, 0.3) is 5.91 Å². The third kappa shape index (κ3) is 6.78. The van der Waals surface area contributed by atoms with Crippen LogP contribution in [-0.4, -0.2) is 45.2 Å². The summed E-state index contributed by atoms with van der Waals surface area (Å²) < 4.78 is 0. The Morgan fingerprint density at radius 3 is 2.03 bits per heavy atom. The van der Waals surface area contributed by atoms with E-state index in [2.05, 4.69) is 87.6 Å². The summed E-state index contributed by atoms with van der Waals surface area (Å²) in [5.41, 5.74) is 4.75. The van der Waals surface area contributed by atoms with E-state index >= 15 is 0 Å². The van der Waals surface area contributed by atoms with Gasteiger partial charge in [0, 0.05) is 5.69 Å². The zero-order valence-electron chi connectivity index (χ0n) is 19.6. The minimum Gasteiger partial charge on any atom is -0.322 e. The van der Waals surface area contributed by atoms with E-state index in [4.69, 9.17) is 0 Å². The van der Waals surface area contributed by atoms with E-state index in [1.807, 2.05) is 6.07 Å². The molecule has 0 unspecified atom stereocenters. The van der Waals surface area contributed by atoms with E-state index in [-0.39, 0.29) is 5.91 Å². The average Bonchev–Trinajstić information content (AvgIpc) is 2.75. The van der Waals surface area contributed by atoms with Crippen LogP contribution in [0.15, 0.2) is 54.6 Å². The lowest BCUT2D eigenvalue weighted by molar-refractivity contribution is -1.01. The van der Waals surface area contributed by atoms with Crippen molar-refractivity contribution in [1.29, 1.82) is 0 Å². The monoisotopic (exact) mass is 421 g/mol. The second-order valence-corrected chi connectivity index (χ2v) is 9.36. The number of benzene rings is 2. The molecule has 1 heterocycles. The topological polar surface area (TPSA) is 38.0 Å². The van der Waals surface area contributed by atoms with Crippen molar-refractivity contribution in [3.05, 3.63) is 71.3 Å². The van der Waals surface area contributed by atoms with Gasteiger partial charge in [-0.1, -0.05) is 82.3 Å². The molecule has 0 saturated carbocycles. The summed E-state index contributed by atoms with van der Waals surface area (Å²) in [7, 11) is 0. The highest BCUT2D eigenvalue weighted by Crippen LogP contribution is 2.32. The Hall–Kier alpha value is -2.43. The molecular formula is C27H39N3O+2. The van der Waals surface area contributed by atoms with Gasteiger partial charge in [-0.3, -0.25) is 4.79 Å². The van der Waals surface area contributed by atoms with Gasteiger partial charge < -0.3 is 15.1 Å². The maximum Gasteiger partial charge on any atom is 0.279 e. The van der Waals surface area contributed by atoms with E-state index in [0.29, 0.717) is 18.4 Å². The molecule has 4 nitrogen and oxygen atoms in total. The predicted molar refractivity (Wildman–Crippen MR) is 130 cm³/mol.